The fourth-order valence-corrected chi connectivity index (χ4v) is 6.32. The zero-order valence-electron chi connectivity index (χ0n) is 16.6. The van der Waals surface area contributed by atoms with Crippen molar-refractivity contribution in [3.63, 3.8) is 0 Å². The van der Waals surface area contributed by atoms with E-state index in [1.54, 1.807) is 12.0 Å². The number of rotatable bonds is 4. The van der Waals surface area contributed by atoms with Gasteiger partial charge >= 0.3 is 0 Å². The smallest absolute Gasteiger partial charge is 0.228 e. The van der Waals surface area contributed by atoms with E-state index in [-0.39, 0.29) is 41.7 Å². The van der Waals surface area contributed by atoms with Gasteiger partial charge in [0.1, 0.15) is 5.75 Å². The first-order valence-electron chi connectivity index (χ1n) is 10.0. The van der Waals surface area contributed by atoms with Gasteiger partial charge in [0.15, 0.2) is 9.84 Å². The number of nitrogens with zero attached hydrogens (tertiary/aromatic N) is 3. The number of anilines is 1. The van der Waals surface area contributed by atoms with Crippen LogP contribution in [-0.4, -0.2) is 87.4 Å². The SMILES string of the molecule is COc1ccccc1N1CCN(C(=O)[C@H]2CC(=O)N([C@@H]3CCS(=O)(=O)C3)C2)CC1. The highest BCUT2D eigenvalue weighted by atomic mass is 32.2. The third kappa shape index (κ3) is 4.05. The number of hydrogen-bond acceptors (Lipinski definition) is 6. The summed E-state index contributed by atoms with van der Waals surface area (Å²) in [6.07, 6.45) is 0.661. The van der Waals surface area contributed by atoms with Crippen molar-refractivity contribution in [3.8, 4) is 5.75 Å². The summed E-state index contributed by atoms with van der Waals surface area (Å²) in [5.41, 5.74) is 1.02. The molecule has 3 aliphatic rings. The highest BCUT2D eigenvalue weighted by Crippen LogP contribution is 2.30. The molecule has 0 saturated carbocycles. The molecular weight excluding hydrogens is 394 g/mol. The summed E-state index contributed by atoms with van der Waals surface area (Å²) in [5, 5.41) is 0. The molecule has 0 unspecified atom stereocenters. The normalized spacial score (nSPS) is 26.8. The predicted molar refractivity (Wildman–Crippen MR) is 109 cm³/mol. The first kappa shape index (κ1) is 20.0. The summed E-state index contributed by atoms with van der Waals surface area (Å²) in [5.74, 6) is 0.501. The number of piperazine rings is 1. The number of likely N-dealkylation sites (tertiary alicyclic amines) is 1. The minimum absolute atomic E-state index is 0.00128. The molecule has 0 aliphatic carbocycles. The fraction of sp³-hybridized carbons (Fsp3) is 0.600. The first-order valence-corrected chi connectivity index (χ1v) is 11.9. The molecule has 0 aromatic heterocycles. The molecule has 4 rings (SSSR count). The molecule has 0 N–H and O–H groups in total. The zero-order chi connectivity index (χ0) is 20.6. The van der Waals surface area contributed by atoms with Gasteiger partial charge < -0.3 is 19.4 Å². The summed E-state index contributed by atoms with van der Waals surface area (Å²) in [6, 6.07) is 7.57. The molecule has 3 saturated heterocycles. The van der Waals surface area contributed by atoms with Gasteiger partial charge in [-0.05, 0) is 18.6 Å². The lowest BCUT2D eigenvalue weighted by molar-refractivity contribution is -0.136. The van der Waals surface area contributed by atoms with Gasteiger partial charge in [0.25, 0.3) is 0 Å². The average molecular weight is 422 g/mol. The van der Waals surface area contributed by atoms with Crippen LogP contribution in [0.4, 0.5) is 5.69 Å². The van der Waals surface area contributed by atoms with Gasteiger partial charge in [0.05, 0.1) is 30.2 Å². The van der Waals surface area contributed by atoms with E-state index in [0.29, 0.717) is 39.1 Å². The highest BCUT2D eigenvalue weighted by Gasteiger charge is 2.43. The van der Waals surface area contributed by atoms with Gasteiger partial charge in [0.2, 0.25) is 11.8 Å². The van der Waals surface area contributed by atoms with E-state index in [1.807, 2.05) is 29.2 Å². The van der Waals surface area contributed by atoms with Crippen molar-refractivity contribution >= 4 is 27.3 Å². The maximum atomic E-state index is 13.0. The summed E-state index contributed by atoms with van der Waals surface area (Å²) < 4.78 is 28.9. The van der Waals surface area contributed by atoms with E-state index in [0.717, 1.165) is 11.4 Å². The molecule has 0 radical (unpaired) electrons. The number of hydrogen-bond donors (Lipinski definition) is 0. The van der Waals surface area contributed by atoms with E-state index >= 15 is 0 Å². The van der Waals surface area contributed by atoms with Crippen LogP contribution in [0.2, 0.25) is 0 Å². The maximum absolute atomic E-state index is 13.0. The first-order chi connectivity index (χ1) is 13.9. The lowest BCUT2D eigenvalue weighted by Crippen LogP contribution is -2.51. The Balaban J connectivity index is 1.35. The molecule has 3 fully saturated rings. The van der Waals surface area contributed by atoms with Crippen LogP contribution in [-0.2, 0) is 19.4 Å². The van der Waals surface area contributed by atoms with E-state index in [1.165, 1.54) is 0 Å². The number of para-hydroxylation sites is 2. The number of amides is 2. The Hall–Kier alpha value is -2.29. The standard InChI is InChI=1S/C20H27N3O5S/c1-28-18-5-3-2-4-17(18)21-7-9-22(10-8-21)20(25)15-12-19(24)23(13-15)16-6-11-29(26,27)14-16/h2-5,15-16H,6-14H2,1H3/t15-,16+/m0/s1. The topological polar surface area (TPSA) is 87.2 Å². The molecule has 158 valence electrons. The Labute approximate surface area is 171 Å². The second-order valence-corrected chi connectivity index (χ2v) is 10.2. The van der Waals surface area contributed by atoms with E-state index in [4.69, 9.17) is 4.74 Å². The molecule has 2 atom stereocenters. The van der Waals surface area contributed by atoms with Crippen LogP contribution in [0.1, 0.15) is 12.8 Å². The van der Waals surface area contributed by atoms with Crippen LogP contribution in [0.15, 0.2) is 24.3 Å². The minimum Gasteiger partial charge on any atom is -0.495 e. The molecule has 1 aromatic carbocycles. The molecule has 2 amide bonds. The molecule has 3 aliphatic heterocycles. The van der Waals surface area contributed by atoms with Crippen molar-refractivity contribution < 1.29 is 22.7 Å². The van der Waals surface area contributed by atoms with Crippen LogP contribution in [0.25, 0.3) is 0 Å². The van der Waals surface area contributed by atoms with Gasteiger partial charge in [-0.25, -0.2) is 8.42 Å². The van der Waals surface area contributed by atoms with Gasteiger partial charge in [-0.2, -0.15) is 0 Å². The van der Waals surface area contributed by atoms with Gasteiger partial charge in [0, 0.05) is 45.2 Å². The summed E-state index contributed by atoms with van der Waals surface area (Å²) >= 11 is 0. The lowest BCUT2D eigenvalue weighted by atomic mass is 10.1. The van der Waals surface area contributed by atoms with Crippen LogP contribution >= 0.6 is 0 Å². The Kier molecular flexibility index (Phi) is 5.42. The fourth-order valence-electron chi connectivity index (χ4n) is 4.59. The number of sulfone groups is 1. The van der Waals surface area contributed by atoms with Gasteiger partial charge in [-0.15, -0.1) is 0 Å². The number of ether oxygens (including phenoxy) is 1. The van der Waals surface area contributed by atoms with Crippen LogP contribution in [0.5, 0.6) is 5.75 Å². The van der Waals surface area contributed by atoms with Crippen molar-refractivity contribution in [1.82, 2.24) is 9.80 Å². The van der Waals surface area contributed by atoms with Crippen molar-refractivity contribution in [2.45, 2.75) is 18.9 Å². The third-order valence-corrected chi connectivity index (χ3v) is 7.92. The Morgan fingerprint density at radius 1 is 1.14 bits per heavy atom. The van der Waals surface area contributed by atoms with E-state index in [9.17, 15) is 18.0 Å². The number of carbonyl (C=O) groups excluding carboxylic acids is 2. The highest BCUT2D eigenvalue weighted by molar-refractivity contribution is 7.91. The largest absolute Gasteiger partial charge is 0.495 e. The molecule has 9 heteroatoms. The maximum Gasteiger partial charge on any atom is 0.228 e. The summed E-state index contributed by atoms with van der Waals surface area (Å²) in [6.45, 7) is 2.94. The van der Waals surface area contributed by atoms with E-state index < -0.39 is 9.84 Å². The predicted octanol–water partition coefficient (Wildman–Crippen LogP) is 0.379. The summed E-state index contributed by atoms with van der Waals surface area (Å²) in [4.78, 5) is 31.1. The van der Waals surface area contributed by atoms with Crippen LogP contribution in [0, 0.1) is 5.92 Å². The molecule has 3 heterocycles. The third-order valence-electron chi connectivity index (χ3n) is 6.17. The number of benzene rings is 1. The van der Waals surface area contributed by atoms with Crippen molar-refractivity contribution in [3.05, 3.63) is 24.3 Å². The van der Waals surface area contributed by atoms with Gasteiger partial charge in [-0.1, -0.05) is 12.1 Å². The van der Waals surface area contributed by atoms with E-state index in [2.05, 4.69) is 4.90 Å². The molecule has 29 heavy (non-hydrogen) atoms. The molecule has 8 nitrogen and oxygen atoms in total. The summed E-state index contributed by atoms with van der Waals surface area (Å²) in [7, 11) is -1.41. The number of methoxy groups -OCH3 is 1. The molecule has 1 aromatic rings. The quantitative estimate of drug-likeness (QED) is 0.699. The Morgan fingerprint density at radius 3 is 2.52 bits per heavy atom. The number of carbonyl (C=O) groups is 2. The van der Waals surface area contributed by atoms with Crippen molar-refractivity contribution in [1.29, 1.82) is 0 Å². The minimum atomic E-state index is -3.06. The van der Waals surface area contributed by atoms with Crippen molar-refractivity contribution in [2.75, 3.05) is 56.2 Å². The second-order valence-electron chi connectivity index (χ2n) is 7.99. The van der Waals surface area contributed by atoms with Crippen molar-refractivity contribution in [2.24, 2.45) is 5.92 Å². The average Bonchev–Trinajstić information content (AvgIpc) is 3.29. The lowest BCUT2D eigenvalue weighted by Gasteiger charge is -2.37. The molecule has 0 spiro atoms. The molecule has 0 bridgehead atoms. The van der Waals surface area contributed by atoms with Gasteiger partial charge in [-0.3, -0.25) is 9.59 Å². The zero-order valence-corrected chi connectivity index (χ0v) is 17.4. The van der Waals surface area contributed by atoms with Crippen LogP contribution < -0.4 is 9.64 Å². The van der Waals surface area contributed by atoms with Crippen LogP contribution in [0.3, 0.4) is 0 Å². The second kappa shape index (κ2) is 7.85. The monoisotopic (exact) mass is 421 g/mol. The Morgan fingerprint density at radius 2 is 1.86 bits per heavy atom. The molecular formula is C20H27N3O5S. The Bertz CT molecular complexity index is 895.